The fourth-order valence-electron chi connectivity index (χ4n) is 6.50. The molecular formula is C26H27N. The minimum absolute atomic E-state index is 0.791. The van der Waals surface area contributed by atoms with Crippen molar-refractivity contribution < 1.29 is 0 Å². The summed E-state index contributed by atoms with van der Waals surface area (Å²) in [5, 5.41) is 1.25. The van der Waals surface area contributed by atoms with Gasteiger partial charge in [-0.3, -0.25) is 0 Å². The topological polar surface area (TPSA) is 12.9 Å². The summed E-state index contributed by atoms with van der Waals surface area (Å²) < 4.78 is 0. The van der Waals surface area contributed by atoms with Gasteiger partial charge < -0.3 is 0 Å². The quantitative estimate of drug-likeness (QED) is 0.463. The van der Waals surface area contributed by atoms with Crippen molar-refractivity contribution >= 4 is 10.9 Å². The molecule has 4 aliphatic rings. The average molecular weight is 354 g/mol. The zero-order valence-electron chi connectivity index (χ0n) is 16.3. The summed E-state index contributed by atoms with van der Waals surface area (Å²) in [4.78, 5) is 5.07. The van der Waals surface area contributed by atoms with Gasteiger partial charge >= 0.3 is 0 Å². The summed E-state index contributed by atoms with van der Waals surface area (Å²) in [7, 11) is 0. The molecule has 2 fully saturated rings. The van der Waals surface area contributed by atoms with E-state index >= 15 is 0 Å². The van der Waals surface area contributed by atoms with Crippen LogP contribution in [0, 0.1) is 25.7 Å². The van der Waals surface area contributed by atoms with Crippen molar-refractivity contribution in [2.75, 3.05) is 0 Å². The van der Waals surface area contributed by atoms with Crippen LogP contribution < -0.4 is 0 Å². The Morgan fingerprint density at radius 2 is 1.48 bits per heavy atom. The molecule has 1 heteroatoms. The number of pyridine rings is 1. The molecule has 0 aliphatic heterocycles. The van der Waals surface area contributed by atoms with E-state index in [2.05, 4.69) is 56.3 Å². The molecule has 1 heterocycles. The van der Waals surface area contributed by atoms with Gasteiger partial charge in [-0.25, -0.2) is 4.98 Å². The van der Waals surface area contributed by atoms with Crippen LogP contribution in [0.1, 0.15) is 66.2 Å². The second-order valence-corrected chi connectivity index (χ2v) is 9.50. The monoisotopic (exact) mass is 353 g/mol. The highest BCUT2D eigenvalue weighted by molar-refractivity contribution is 5.84. The van der Waals surface area contributed by atoms with Crippen molar-refractivity contribution in [1.29, 1.82) is 0 Å². The number of nitrogens with zero attached hydrogens (tertiary/aromatic N) is 1. The smallest absolute Gasteiger partial charge is 0.0738 e. The van der Waals surface area contributed by atoms with Gasteiger partial charge in [0.2, 0.25) is 0 Å². The van der Waals surface area contributed by atoms with Crippen LogP contribution in [-0.2, 0) is 0 Å². The minimum Gasteiger partial charge on any atom is -0.248 e. The average Bonchev–Trinajstić information content (AvgIpc) is 2.82. The van der Waals surface area contributed by atoms with Crippen molar-refractivity contribution in [3.05, 3.63) is 64.7 Å². The van der Waals surface area contributed by atoms with E-state index in [9.17, 15) is 0 Å². The number of hydrogen-bond acceptors (Lipinski definition) is 1. The number of aromatic nitrogens is 1. The third kappa shape index (κ3) is 2.47. The van der Waals surface area contributed by atoms with E-state index in [0.29, 0.717) is 0 Å². The largest absolute Gasteiger partial charge is 0.248 e. The van der Waals surface area contributed by atoms with Crippen LogP contribution in [-0.4, -0.2) is 4.98 Å². The number of fused-ring (bicyclic) bond motifs is 1. The maximum Gasteiger partial charge on any atom is 0.0738 e. The first-order valence-corrected chi connectivity index (χ1v) is 10.7. The zero-order valence-corrected chi connectivity index (χ0v) is 16.3. The Hall–Kier alpha value is -2.15. The van der Waals surface area contributed by atoms with Crippen LogP contribution >= 0.6 is 0 Å². The summed E-state index contributed by atoms with van der Waals surface area (Å²) in [6.07, 6.45) is 7.22. The molecular weight excluding hydrogens is 326 g/mol. The molecule has 2 unspecified atom stereocenters. The lowest BCUT2D eigenvalue weighted by Crippen LogP contribution is -2.25. The van der Waals surface area contributed by atoms with Crippen LogP contribution in [0.15, 0.2) is 42.5 Å². The Bertz CT molecular complexity index is 1050. The lowest BCUT2D eigenvalue weighted by molar-refractivity contribution is 0.166. The van der Waals surface area contributed by atoms with Crippen LogP contribution in [0.3, 0.4) is 0 Å². The van der Waals surface area contributed by atoms with Gasteiger partial charge in [-0.15, -0.1) is 0 Å². The van der Waals surface area contributed by atoms with Gasteiger partial charge in [0.15, 0.2) is 0 Å². The third-order valence-electron chi connectivity index (χ3n) is 7.54. The summed E-state index contributed by atoms with van der Waals surface area (Å²) in [6.45, 7) is 4.36. The Balaban J connectivity index is 1.49. The number of benzene rings is 2. The van der Waals surface area contributed by atoms with E-state index in [1.54, 1.807) is 11.1 Å². The third-order valence-corrected chi connectivity index (χ3v) is 7.54. The van der Waals surface area contributed by atoms with E-state index in [1.807, 2.05) is 0 Å². The number of hydrogen-bond donors (Lipinski definition) is 0. The van der Waals surface area contributed by atoms with E-state index in [0.717, 1.165) is 34.9 Å². The molecule has 2 atom stereocenters. The normalized spacial score (nSPS) is 28.4. The summed E-state index contributed by atoms with van der Waals surface area (Å²) in [5.74, 6) is 3.57. The minimum atomic E-state index is 0.791. The molecule has 1 nitrogen and oxygen atoms in total. The van der Waals surface area contributed by atoms with Crippen molar-refractivity contribution in [2.24, 2.45) is 11.8 Å². The molecule has 3 aromatic rings. The fourth-order valence-corrected chi connectivity index (χ4v) is 6.50. The maximum atomic E-state index is 5.07. The second kappa shape index (κ2) is 5.67. The van der Waals surface area contributed by atoms with Crippen LogP contribution in [0.2, 0.25) is 0 Å². The first kappa shape index (κ1) is 15.9. The predicted octanol–water partition coefficient (Wildman–Crippen LogP) is 6.91. The molecule has 4 bridgehead atoms. The predicted molar refractivity (Wildman–Crippen MR) is 112 cm³/mol. The first-order valence-electron chi connectivity index (χ1n) is 10.7. The van der Waals surface area contributed by atoms with E-state index in [4.69, 9.17) is 4.98 Å². The molecule has 0 amide bonds. The highest BCUT2D eigenvalue weighted by atomic mass is 14.7. The van der Waals surface area contributed by atoms with Gasteiger partial charge in [-0.2, -0.15) is 0 Å². The van der Waals surface area contributed by atoms with Crippen LogP contribution in [0.5, 0.6) is 0 Å². The Morgan fingerprint density at radius 3 is 2.26 bits per heavy atom. The molecule has 2 aromatic carbocycles. The van der Waals surface area contributed by atoms with Gasteiger partial charge in [-0.1, -0.05) is 23.8 Å². The maximum absolute atomic E-state index is 5.07. The van der Waals surface area contributed by atoms with Crippen LogP contribution in [0.4, 0.5) is 0 Å². The lowest BCUT2D eigenvalue weighted by atomic mass is 9.67. The van der Waals surface area contributed by atoms with Crippen molar-refractivity contribution in [1.82, 2.24) is 4.98 Å². The van der Waals surface area contributed by atoms with Crippen molar-refractivity contribution in [3.8, 4) is 11.3 Å². The Labute approximate surface area is 161 Å². The molecule has 4 aliphatic carbocycles. The number of aryl methyl sites for hydroxylation is 2. The molecule has 7 rings (SSSR count). The molecule has 27 heavy (non-hydrogen) atoms. The molecule has 0 saturated heterocycles. The van der Waals surface area contributed by atoms with Gasteiger partial charge in [-0.05, 0) is 111 Å². The zero-order chi connectivity index (χ0) is 18.1. The molecule has 0 spiro atoms. The summed E-state index contributed by atoms with van der Waals surface area (Å²) >= 11 is 0. The molecule has 136 valence electrons. The molecule has 2 saturated carbocycles. The van der Waals surface area contributed by atoms with Gasteiger partial charge in [0, 0.05) is 10.9 Å². The molecule has 0 N–H and O–H groups in total. The Morgan fingerprint density at radius 1 is 0.741 bits per heavy atom. The first-order chi connectivity index (χ1) is 13.1. The molecule has 1 aromatic heterocycles. The van der Waals surface area contributed by atoms with E-state index < -0.39 is 0 Å². The highest BCUT2D eigenvalue weighted by Crippen LogP contribution is 2.56. The highest BCUT2D eigenvalue weighted by Gasteiger charge is 2.42. The van der Waals surface area contributed by atoms with Crippen molar-refractivity contribution in [2.45, 2.75) is 57.8 Å². The van der Waals surface area contributed by atoms with Gasteiger partial charge in [0.25, 0.3) is 0 Å². The van der Waals surface area contributed by atoms with Crippen LogP contribution in [0.25, 0.3) is 22.2 Å². The van der Waals surface area contributed by atoms with E-state index in [-0.39, 0.29) is 0 Å². The summed E-state index contributed by atoms with van der Waals surface area (Å²) in [5.41, 5.74) is 9.50. The van der Waals surface area contributed by atoms with E-state index in [1.165, 1.54) is 54.2 Å². The van der Waals surface area contributed by atoms with Gasteiger partial charge in [0.1, 0.15) is 0 Å². The van der Waals surface area contributed by atoms with Crippen molar-refractivity contribution in [3.63, 3.8) is 0 Å². The fraction of sp³-hybridized carbons (Fsp3) is 0.423. The van der Waals surface area contributed by atoms with Gasteiger partial charge in [0.05, 0.1) is 11.2 Å². The Kier molecular flexibility index (Phi) is 3.33. The molecule has 0 radical (unpaired) electrons. The second-order valence-electron chi connectivity index (χ2n) is 9.50. The lowest BCUT2D eigenvalue weighted by Gasteiger charge is -2.38. The SMILES string of the molecule is Cc1ccc2nc(-c3ccc4c(c3)C3CC5CC(CC4C5)C3)c(C)cc2c1. The summed E-state index contributed by atoms with van der Waals surface area (Å²) in [6, 6.07) is 16.2. The number of rotatable bonds is 1. The standard InChI is InChI=1S/C26H27N/c1-15-3-6-25-22(7-15)8-16(2)26(27-25)19-4-5-23-20-10-17-9-18(11-20)13-21(12-17)24(23)14-19/h3-8,14,17-18,20-21H,9-13H2,1-2H3.